The van der Waals surface area contributed by atoms with Crippen molar-refractivity contribution in [1.82, 2.24) is 15.0 Å². The van der Waals surface area contributed by atoms with Gasteiger partial charge in [0.1, 0.15) is 22.6 Å². The van der Waals surface area contributed by atoms with Gasteiger partial charge in [-0.15, -0.1) is 10.2 Å². The summed E-state index contributed by atoms with van der Waals surface area (Å²) in [6, 6.07) is 17.7. The van der Waals surface area contributed by atoms with E-state index in [1.165, 1.54) is 54.6 Å². The number of fused-ring (bicyclic) bond motifs is 1. The number of anilines is 1. The third-order valence-electron chi connectivity index (χ3n) is 6.38. The molecule has 0 atom stereocenters. The van der Waals surface area contributed by atoms with Gasteiger partial charge in [-0.25, -0.2) is 4.39 Å². The van der Waals surface area contributed by atoms with Gasteiger partial charge in [0.05, 0.1) is 5.69 Å². The fraction of sp³-hybridized carbons (Fsp3) is 0.296. The largest absolute Gasteiger partial charge is 0.484 e. The lowest BCUT2D eigenvalue weighted by atomic mass is 9.84. The Morgan fingerprint density at radius 3 is 2.38 bits per heavy atom. The van der Waals surface area contributed by atoms with Crippen LogP contribution in [0.3, 0.4) is 0 Å². The standard InChI is InChI=1S/C27H27FN4O2/c1-18-15-25-26(31-32(30-25)22-11-9-21(28)10-12-22)16-24(18)29-27(33)17-34-23-13-7-20(8-14-23)19-5-3-2-4-6-19/h7-16,19H,2-6,17H2,1H3,(H,29,33). The molecule has 174 valence electrons. The van der Waals surface area contributed by atoms with Gasteiger partial charge in [-0.1, -0.05) is 31.4 Å². The molecule has 0 unspecified atom stereocenters. The molecule has 6 nitrogen and oxygen atoms in total. The Bertz CT molecular complexity index is 1290. The van der Waals surface area contributed by atoms with E-state index in [4.69, 9.17) is 4.74 Å². The molecule has 1 amide bonds. The molecular formula is C27H27FN4O2. The summed E-state index contributed by atoms with van der Waals surface area (Å²) in [4.78, 5) is 14.0. The van der Waals surface area contributed by atoms with Crippen LogP contribution in [0.15, 0.2) is 60.7 Å². The van der Waals surface area contributed by atoms with E-state index in [1.54, 1.807) is 18.2 Å². The number of aromatic nitrogens is 3. The van der Waals surface area contributed by atoms with Crippen LogP contribution in [0.25, 0.3) is 16.7 Å². The molecule has 1 N–H and O–H groups in total. The summed E-state index contributed by atoms with van der Waals surface area (Å²) >= 11 is 0. The van der Waals surface area contributed by atoms with Crippen LogP contribution < -0.4 is 10.1 Å². The molecule has 1 aromatic heterocycles. The molecule has 1 fully saturated rings. The zero-order chi connectivity index (χ0) is 23.5. The molecule has 7 heteroatoms. The summed E-state index contributed by atoms with van der Waals surface area (Å²) in [5.41, 5.74) is 4.85. The maximum atomic E-state index is 13.2. The molecule has 0 saturated heterocycles. The van der Waals surface area contributed by atoms with Gasteiger partial charge in [0.25, 0.3) is 5.91 Å². The van der Waals surface area contributed by atoms with E-state index in [1.807, 2.05) is 25.1 Å². The van der Waals surface area contributed by atoms with Gasteiger partial charge in [-0.2, -0.15) is 4.80 Å². The molecule has 0 spiro atoms. The van der Waals surface area contributed by atoms with Crippen molar-refractivity contribution in [3.8, 4) is 11.4 Å². The number of carbonyl (C=O) groups is 1. The van der Waals surface area contributed by atoms with Crippen LogP contribution in [0, 0.1) is 12.7 Å². The number of ether oxygens (including phenoxy) is 1. The Hall–Kier alpha value is -3.74. The minimum absolute atomic E-state index is 0.0808. The number of hydrogen-bond donors (Lipinski definition) is 1. The second-order valence-electron chi connectivity index (χ2n) is 8.86. The summed E-state index contributed by atoms with van der Waals surface area (Å²) in [5.74, 6) is 0.766. The minimum atomic E-state index is -0.316. The van der Waals surface area contributed by atoms with Crippen LogP contribution in [0.5, 0.6) is 5.75 Å². The third-order valence-corrected chi connectivity index (χ3v) is 6.38. The van der Waals surface area contributed by atoms with E-state index in [9.17, 15) is 9.18 Å². The number of nitrogens with one attached hydrogen (secondary N) is 1. The molecule has 0 radical (unpaired) electrons. The number of nitrogens with zero attached hydrogens (tertiary/aromatic N) is 3. The molecule has 34 heavy (non-hydrogen) atoms. The number of carbonyl (C=O) groups excluding carboxylic acids is 1. The van der Waals surface area contributed by atoms with Crippen LogP contribution >= 0.6 is 0 Å². The molecule has 1 aliphatic rings. The fourth-order valence-corrected chi connectivity index (χ4v) is 4.50. The van der Waals surface area contributed by atoms with Gasteiger partial charge in [0.2, 0.25) is 0 Å². The maximum absolute atomic E-state index is 13.2. The van der Waals surface area contributed by atoms with Crippen molar-refractivity contribution in [2.24, 2.45) is 0 Å². The van der Waals surface area contributed by atoms with E-state index < -0.39 is 0 Å². The van der Waals surface area contributed by atoms with Crippen LogP contribution in [-0.4, -0.2) is 27.5 Å². The van der Waals surface area contributed by atoms with Crippen LogP contribution in [0.2, 0.25) is 0 Å². The molecular weight excluding hydrogens is 431 g/mol. The predicted octanol–water partition coefficient (Wildman–Crippen LogP) is 5.93. The van der Waals surface area contributed by atoms with Crippen LogP contribution in [0.4, 0.5) is 10.1 Å². The first-order valence-electron chi connectivity index (χ1n) is 11.7. The zero-order valence-corrected chi connectivity index (χ0v) is 19.1. The lowest BCUT2D eigenvalue weighted by Gasteiger charge is -2.22. The predicted molar refractivity (Wildman–Crippen MR) is 130 cm³/mol. The lowest BCUT2D eigenvalue weighted by Crippen LogP contribution is -2.20. The smallest absolute Gasteiger partial charge is 0.262 e. The van der Waals surface area contributed by atoms with E-state index in [0.29, 0.717) is 34.1 Å². The van der Waals surface area contributed by atoms with E-state index in [2.05, 4.69) is 27.6 Å². The Balaban J connectivity index is 1.22. The van der Waals surface area contributed by atoms with Gasteiger partial charge in [-0.05, 0) is 85.3 Å². The Labute approximate surface area is 197 Å². The lowest BCUT2D eigenvalue weighted by molar-refractivity contribution is -0.118. The number of halogens is 1. The highest BCUT2D eigenvalue weighted by atomic mass is 19.1. The van der Waals surface area contributed by atoms with Gasteiger partial charge >= 0.3 is 0 Å². The van der Waals surface area contributed by atoms with E-state index in [0.717, 1.165) is 5.56 Å². The summed E-state index contributed by atoms with van der Waals surface area (Å²) in [5, 5.41) is 11.8. The van der Waals surface area contributed by atoms with E-state index >= 15 is 0 Å². The minimum Gasteiger partial charge on any atom is -0.484 e. The highest BCUT2D eigenvalue weighted by Crippen LogP contribution is 2.33. The van der Waals surface area contributed by atoms with Gasteiger partial charge in [-0.3, -0.25) is 4.79 Å². The Morgan fingerprint density at radius 2 is 1.68 bits per heavy atom. The summed E-state index contributed by atoms with van der Waals surface area (Å²) < 4.78 is 18.9. The highest BCUT2D eigenvalue weighted by Gasteiger charge is 2.16. The average molecular weight is 459 g/mol. The molecule has 3 aromatic carbocycles. The molecule has 0 bridgehead atoms. The van der Waals surface area contributed by atoms with Crippen molar-refractivity contribution in [2.75, 3.05) is 11.9 Å². The zero-order valence-electron chi connectivity index (χ0n) is 19.1. The van der Waals surface area contributed by atoms with Crippen LogP contribution in [-0.2, 0) is 4.79 Å². The van der Waals surface area contributed by atoms with Gasteiger partial charge < -0.3 is 10.1 Å². The van der Waals surface area contributed by atoms with Crippen LogP contribution in [0.1, 0.15) is 49.1 Å². The number of hydrogen-bond acceptors (Lipinski definition) is 4. The van der Waals surface area contributed by atoms with Gasteiger partial charge in [0, 0.05) is 5.69 Å². The van der Waals surface area contributed by atoms with E-state index in [-0.39, 0.29) is 18.3 Å². The molecule has 0 aliphatic heterocycles. The second kappa shape index (κ2) is 9.63. The number of amides is 1. The highest BCUT2D eigenvalue weighted by molar-refractivity contribution is 5.95. The topological polar surface area (TPSA) is 69.0 Å². The fourth-order valence-electron chi connectivity index (χ4n) is 4.50. The van der Waals surface area contributed by atoms with Crippen molar-refractivity contribution >= 4 is 22.6 Å². The quantitative estimate of drug-likeness (QED) is 0.389. The monoisotopic (exact) mass is 458 g/mol. The molecule has 1 aliphatic carbocycles. The average Bonchev–Trinajstić information content (AvgIpc) is 3.27. The number of rotatable bonds is 6. The molecule has 1 heterocycles. The third kappa shape index (κ3) is 4.93. The first kappa shape index (κ1) is 22.1. The molecule has 5 rings (SSSR count). The van der Waals surface area contributed by atoms with Crippen molar-refractivity contribution in [3.05, 3.63) is 77.6 Å². The van der Waals surface area contributed by atoms with Gasteiger partial charge in [0.15, 0.2) is 6.61 Å². The Kier molecular flexibility index (Phi) is 6.25. The van der Waals surface area contributed by atoms with Crippen molar-refractivity contribution in [3.63, 3.8) is 0 Å². The first-order chi connectivity index (χ1) is 16.5. The summed E-state index contributed by atoms with van der Waals surface area (Å²) in [6.45, 7) is 1.82. The van der Waals surface area contributed by atoms with Crippen molar-refractivity contribution < 1.29 is 13.9 Å². The summed E-state index contributed by atoms with van der Waals surface area (Å²) in [7, 11) is 0. The second-order valence-corrected chi connectivity index (χ2v) is 8.86. The normalized spacial score (nSPS) is 14.3. The molecule has 4 aromatic rings. The molecule has 1 saturated carbocycles. The van der Waals surface area contributed by atoms with Crippen molar-refractivity contribution in [1.29, 1.82) is 0 Å². The summed E-state index contributed by atoms with van der Waals surface area (Å²) in [6.07, 6.45) is 6.45. The SMILES string of the molecule is Cc1cc2nn(-c3ccc(F)cc3)nc2cc1NC(=O)COc1ccc(C2CCCCC2)cc1. The Morgan fingerprint density at radius 1 is 1.00 bits per heavy atom. The maximum Gasteiger partial charge on any atom is 0.262 e. The number of benzene rings is 3. The number of aryl methyl sites for hydroxylation is 1. The van der Waals surface area contributed by atoms with Crippen molar-refractivity contribution in [2.45, 2.75) is 44.9 Å². The first-order valence-corrected chi connectivity index (χ1v) is 11.7.